The van der Waals surface area contributed by atoms with Crippen molar-refractivity contribution in [1.29, 1.82) is 0 Å². The zero-order valence-corrected chi connectivity index (χ0v) is 17.9. The van der Waals surface area contributed by atoms with Crippen LogP contribution in [-0.2, 0) is 0 Å². The Morgan fingerprint density at radius 1 is 0.960 bits per heavy atom. The van der Waals surface area contributed by atoms with Gasteiger partial charge in [0, 0.05) is 34.7 Å². The van der Waals surface area contributed by atoms with Crippen LogP contribution in [0.25, 0.3) is 0 Å². The number of rotatable bonds is 4. The van der Waals surface area contributed by atoms with Crippen molar-refractivity contribution in [3.63, 3.8) is 0 Å². The number of likely N-dealkylation sites (tertiary alicyclic amines) is 1. The Morgan fingerprint density at radius 2 is 1.56 bits per heavy atom. The highest BCUT2D eigenvalue weighted by Crippen LogP contribution is 2.46. The van der Waals surface area contributed by atoms with Crippen LogP contribution in [0.5, 0.6) is 0 Å². The van der Waals surface area contributed by atoms with Gasteiger partial charge in [-0.3, -0.25) is 10.2 Å². The Bertz CT molecular complexity index is 503. The minimum Gasteiger partial charge on any atom is -0.326 e. The first-order valence-electron chi connectivity index (χ1n) is 10.3. The van der Waals surface area contributed by atoms with Crippen LogP contribution in [0, 0.1) is 11.8 Å². The van der Waals surface area contributed by atoms with Crippen molar-refractivity contribution in [2.75, 3.05) is 6.54 Å². The number of nitrogens with two attached hydrogens (primary N) is 1. The Balaban J connectivity index is 1.76. The molecule has 146 valence electrons. The maximum Gasteiger partial charge on any atom is 0.0636 e. The van der Waals surface area contributed by atoms with E-state index in [1.165, 1.54) is 19.3 Å². The Labute approximate surface area is 155 Å². The van der Waals surface area contributed by atoms with Gasteiger partial charge in [-0.25, -0.2) is 0 Å². The van der Waals surface area contributed by atoms with Gasteiger partial charge in [-0.05, 0) is 92.9 Å². The first kappa shape index (κ1) is 19.6. The van der Waals surface area contributed by atoms with Gasteiger partial charge in [0.25, 0.3) is 0 Å². The van der Waals surface area contributed by atoms with Crippen LogP contribution >= 0.6 is 0 Å². The molecule has 3 aliphatic rings. The number of nitrogens with one attached hydrogen (secondary N) is 2. The topological polar surface area (TPSA) is 53.3 Å². The van der Waals surface area contributed by atoms with Gasteiger partial charge >= 0.3 is 0 Å². The molecule has 3 aliphatic heterocycles. The smallest absolute Gasteiger partial charge is 0.0636 e. The molecule has 0 aliphatic carbocycles. The second kappa shape index (κ2) is 5.92. The summed E-state index contributed by atoms with van der Waals surface area (Å²) in [6.45, 7) is 19.7. The summed E-state index contributed by atoms with van der Waals surface area (Å²) in [6, 6.07) is 0.529. The maximum atomic E-state index is 6.39. The molecule has 3 heterocycles. The van der Waals surface area contributed by atoms with E-state index in [1.54, 1.807) is 0 Å². The molecule has 4 heteroatoms. The van der Waals surface area contributed by atoms with Crippen molar-refractivity contribution in [2.24, 2.45) is 17.6 Å². The lowest BCUT2D eigenvalue weighted by Gasteiger charge is -2.40. The molecule has 4 unspecified atom stereocenters. The van der Waals surface area contributed by atoms with Crippen molar-refractivity contribution >= 4 is 0 Å². The van der Waals surface area contributed by atoms with Crippen molar-refractivity contribution in [1.82, 2.24) is 15.5 Å². The van der Waals surface area contributed by atoms with Gasteiger partial charge < -0.3 is 11.1 Å². The third kappa shape index (κ3) is 4.23. The largest absolute Gasteiger partial charge is 0.326 e. The molecule has 3 saturated heterocycles. The Hall–Kier alpha value is -0.160. The molecule has 0 bridgehead atoms. The lowest BCUT2D eigenvalue weighted by molar-refractivity contribution is 0.0838. The summed E-state index contributed by atoms with van der Waals surface area (Å²) in [6.07, 6.45) is 5.44. The lowest BCUT2D eigenvalue weighted by atomic mass is 9.83. The highest BCUT2D eigenvalue weighted by molar-refractivity contribution is 5.09. The van der Waals surface area contributed by atoms with E-state index in [9.17, 15) is 0 Å². The van der Waals surface area contributed by atoms with Gasteiger partial charge in [-0.2, -0.15) is 0 Å². The van der Waals surface area contributed by atoms with Crippen LogP contribution < -0.4 is 16.4 Å². The summed E-state index contributed by atoms with van der Waals surface area (Å²) in [5.74, 6) is 1.43. The average molecular weight is 351 g/mol. The zero-order chi connectivity index (χ0) is 18.8. The highest BCUT2D eigenvalue weighted by Gasteiger charge is 2.54. The highest BCUT2D eigenvalue weighted by atomic mass is 15.4. The van der Waals surface area contributed by atoms with Crippen molar-refractivity contribution in [2.45, 2.75) is 115 Å². The molecule has 0 saturated carbocycles. The first-order chi connectivity index (χ1) is 11.2. The Morgan fingerprint density at radius 3 is 2.16 bits per heavy atom. The fourth-order valence-electron chi connectivity index (χ4n) is 6.13. The average Bonchev–Trinajstić information content (AvgIpc) is 2.86. The second-order valence-electron chi connectivity index (χ2n) is 11.9. The van der Waals surface area contributed by atoms with E-state index in [2.05, 4.69) is 70.9 Å². The normalized spacial score (nSPS) is 39.7. The Kier molecular flexibility index (Phi) is 4.64. The molecule has 4 nitrogen and oxygen atoms in total. The fraction of sp³-hybridized carbons (Fsp3) is 1.00. The molecular weight excluding hydrogens is 308 g/mol. The minimum absolute atomic E-state index is 0.0956. The van der Waals surface area contributed by atoms with Gasteiger partial charge in [0.2, 0.25) is 0 Å². The fourth-order valence-corrected chi connectivity index (χ4v) is 6.13. The quantitative estimate of drug-likeness (QED) is 0.729. The van der Waals surface area contributed by atoms with Crippen LogP contribution in [0.4, 0.5) is 0 Å². The summed E-state index contributed by atoms with van der Waals surface area (Å²) < 4.78 is 0. The third-order valence-corrected chi connectivity index (χ3v) is 6.73. The molecule has 3 fully saturated rings. The van der Waals surface area contributed by atoms with E-state index >= 15 is 0 Å². The minimum atomic E-state index is -0.0956. The van der Waals surface area contributed by atoms with E-state index in [0.717, 1.165) is 18.9 Å². The van der Waals surface area contributed by atoms with E-state index in [0.29, 0.717) is 18.1 Å². The van der Waals surface area contributed by atoms with Crippen LogP contribution in [-0.4, -0.2) is 45.8 Å². The van der Waals surface area contributed by atoms with Crippen LogP contribution in [0.15, 0.2) is 0 Å². The van der Waals surface area contributed by atoms with Crippen LogP contribution in [0.3, 0.4) is 0 Å². The first-order valence-corrected chi connectivity index (χ1v) is 10.3. The third-order valence-electron chi connectivity index (χ3n) is 6.73. The summed E-state index contributed by atoms with van der Waals surface area (Å²) >= 11 is 0. The molecule has 0 aromatic rings. The molecule has 0 amide bonds. The van der Waals surface area contributed by atoms with Crippen LogP contribution in [0.1, 0.15) is 81.1 Å². The van der Waals surface area contributed by atoms with E-state index in [1.807, 2.05) is 0 Å². The lowest BCUT2D eigenvalue weighted by Crippen LogP contribution is -2.57. The van der Waals surface area contributed by atoms with Gasteiger partial charge in [0.15, 0.2) is 0 Å². The number of nitrogens with zero attached hydrogens (tertiary/aromatic N) is 1. The predicted octanol–water partition coefficient (Wildman–Crippen LogP) is 3.07. The molecule has 25 heavy (non-hydrogen) atoms. The van der Waals surface area contributed by atoms with E-state index in [-0.39, 0.29) is 22.2 Å². The second-order valence-corrected chi connectivity index (χ2v) is 11.9. The van der Waals surface area contributed by atoms with Crippen molar-refractivity contribution in [3.05, 3.63) is 0 Å². The molecule has 4 N–H and O–H groups in total. The van der Waals surface area contributed by atoms with Crippen LogP contribution in [0.2, 0.25) is 0 Å². The number of fused-ring (bicyclic) bond motifs is 1. The summed E-state index contributed by atoms with van der Waals surface area (Å²) in [5.41, 5.74) is 7.06. The van der Waals surface area contributed by atoms with E-state index < -0.39 is 0 Å². The van der Waals surface area contributed by atoms with Gasteiger partial charge in [-0.15, -0.1) is 0 Å². The summed E-state index contributed by atoms with van der Waals surface area (Å²) in [5, 5.41) is 7.87. The van der Waals surface area contributed by atoms with Gasteiger partial charge in [0.1, 0.15) is 0 Å². The molecule has 0 aromatic heterocycles. The monoisotopic (exact) mass is 350 g/mol. The van der Waals surface area contributed by atoms with Gasteiger partial charge in [0.05, 0.1) is 6.17 Å². The zero-order valence-electron chi connectivity index (χ0n) is 17.9. The summed E-state index contributed by atoms with van der Waals surface area (Å²) in [7, 11) is 0. The van der Waals surface area contributed by atoms with Gasteiger partial charge in [-0.1, -0.05) is 0 Å². The molecule has 0 spiro atoms. The SMILES string of the molecule is CC(C)(N)CC1CC(C)(C)NC1CN1C2NC(C)(C)CC2CC1(C)C. The van der Waals surface area contributed by atoms with Crippen molar-refractivity contribution < 1.29 is 0 Å². The molecule has 0 radical (unpaired) electrons. The standard InChI is InChI=1S/C21H42N4/c1-18(2,22)9-14-10-19(3,4)23-16(14)13-25-17-15(12-21(25,7)8)11-20(5,6)24-17/h14-17,23-24H,9-13,22H2,1-8H3. The molecular formula is C21H42N4. The number of hydrogen-bond acceptors (Lipinski definition) is 4. The van der Waals surface area contributed by atoms with Crippen molar-refractivity contribution in [3.8, 4) is 0 Å². The van der Waals surface area contributed by atoms with E-state index in [4.69, 9.17) is 5.73 Å². The molecule has 4 atom stereocenters. The molecule has 0 aromatic carbocycles. The number of hydrogen-bond donors (Lipinski definition) is 3. The molecule has 3 rings (SSSR count). The maximum absolute atomic E-state index is 6.39. The predicted molar refractivity (Wildman–Crippen MR) is 107 cm³/mol. The summed E-state index contributed by atoms with van der Waals surface area (Å²) in [4.78, 5) is 2.77.